The number of piperazine rings is 2. The fourth-order valence-corrected chi connectivity index (χ4v) is 4.03. The summed E-state index contributed by atoms with van der Waals surface area (Å²) in [5, 5.41) is 14.1. The molecule has 166 valence electrons. The predicted octanol–water partition coefficient (Wildman–Crippen LogP) is 0.734. The number of hydrogen-bond acceptors (Lipinski definition) is 8. The van der Waals surface area contributed by atoms with E-state index in [2.05, 4.69) is 35.8 Å². The zero-order chi connectivity index (χ0) is 21.8. The third-order valence-electron chi connectivity index (χ3n) is 5.72. The van der Waals surface area contributed by atoms with Crippen LogP contribution in [-0.4, -0.2) is 78.0 Å². The van der Waals surface area contributed by atoms with Gasteiger partial charge in [-0.05, 0) is 24.3 Å². The van der Waals surface area contributed by atoms with Crippen molar-refractivity contribution >= 4 is 23.1 Å². The molecule has 0 saturated carbocycles. The van der Waals surface area contributed by atoms with Crippen molar-refractivity contribution in [1.82, 2.24) is 30.4 Å². The van der Waals surface area contributed by atoms with E-state index in [0.717, 1.165) is 63.9 Å². The molecule has 10 nitrogen and oxygen atoms in total. The van der Waals surface area contributed by atoms with E-state index in [9.17, 15) is 4.79 Å². The zero-order valence-electron chi connectivity index (χ0n) is 17.9. The van der Waals surface area contributed by atoms with Crippen LogP contribution in [-0.2, 0) is 0 Å². The number of anilines is 3. The molecule has 2 fully saturated rings. The average Bonchev–Trinajstić information content (AvgIpc) is 3.36. The lowest BCUT2D eigenvalue weighted by Gasteiger charge is -2.30. The molecule has 10 heteroatoms. The van der Waals surface area contributed by atoms with Gasteiger partial charge in [0, 0.05) is 64.8 Å². The molecule has 3 aromatic heterocycles. The summed E-state index contributed by atoms with van der Waals surface area (Å²) in [4.78, 5) is 26.4. The first-order valence-corrected chi connectivity index (χ1v) is 11.0. The Morgan fingerprint density at radius 1 is 0.906 bits per heavy atom. The smallest absolute Gasteiger partial charge is 0.276 e. The third-order valence-corrected chi connectivity index (χ3v) is 5.72. The maximum atomic E-state index is 12.9. The minimum atomic E-state index is -0.272. The van der Waals surface area contributed by atoms with E-state index in [0.29, 0.717) is 17.2 Å². The summed E-state index contributed by atoms with van der Waals surface area (Å²) in [5.41, 5.74) is 1.99. The first kappa shape index (κ1) is 20.4. The topological polar surface area (TPSA) is 103 Å². The largest absolute Gasteiger partial charge is 0.367 e. The molecule has 2 aliphatic heterocycles. The fraction of sp³-hybridized carbons (Fsp3) is 0.364. The van der Waals surface area contributed by atoms with E-state index in [1.165, 1.54) is 0 Å². The number of nitrogens with zero attached hydrogens (tertiary/aromatic N) is 6. The summed E-state index contributed by atoms with van der Waals surface area (Å²) in [6.07, 6.45) is 5.20. The second-order valence-corrected chi connectivity index (χ2v) is 7.82. The van der Waals surface area contributed by atoms with Crippen molar-refractivity contribution in [2.24, 2.45) is 0 Å². The van der Waals surface area contributed by atoms with Gasteiger partial charge in [0.25, 0.3) is 5.91 Å². The van der Waals surface area contributed by atoms with Gasteiger partial charge < -0.3 is 25.8 Å². The van der Waals surface area contributed by atoms with Crippen molar-refractivity contribution < 1.29 is 4.79 Å². The molecule has 0 atom stereocenters. The Hall–Kier alpha value is -3.50. The Bertz CT molecular complexity index is 1070. The number of aromatic nitrogens is 4. The average molecular weight is 434 g/mol. The molecule has 0 aromatic carbocycles. The van der Waals surface area contributed by atoms with Crippen molar-refractivity contribution in [3.8, 4) is 5.82 Å². The van der Waals surface area contributed by atoms with Crippen LogP contribution in [0.25, 0.3) is 5.82 Å². The molecule has 0 aliphatic carbocycles. The predicted molar refractivity (Wildman–Crippen MR) is 124 cm³/mol. The fourth-order valence-electron chi connectivity index (χ4n) is 4.03. The Kier molecular flexibility index (Phi) is 5.95. The van der Waals surface area contributed by atoms with E-state index in [4.69, 9.17) is 4.98 Å². The highest BCUT2D eigenvalue weighted by molar-refractivity contribution is 6.04. The van der Waals surface area contributed by atoms with Crippen LogP contribution in [0, 0.1) is 0 Å². The highest BCUT2D eigenvalue weighted by atomic mass is 16.2. The van der Waals surface area contributed by atoms with Crippen molar-refractivity contribution in [1.29, 1.82) is 0 Å². The van der Waals surface area contributed by atoms with Crippen molar-refractivity contribution in [2.45, 2.75) is 0 Å². The van der Waals surface area contributed by atoms with E-state index >= 15 is 0 Å². The normalized spacial score (nSPS) is 16.8. The summed E-state index contributed by atoms with van der Waals surface area (Å²) in [6, 6.07) is 9.51. The van der Waals surface area contributed by atoms with Crippen molar-refractivity contribution in [2.75, 3.05) is 67.5 Å². The van der Waals surface area contributed by atoms with Crippen molar-refractivity contribution in [3.63, 3.8) is 0 Å². The van der Waals surface area contributed by atoms with Gasteiger partial charge >= 0.3 is 0 Å². The lowest BCUT2D eigenvalue weighted by atomic mass is 10.2. The third kappa shape index (κ3) is 4.41. The molecule has 0 spiro atoms. The van der Waals surface area contributed by atoms with Gasteiger partial charge in [-0.15, -0.1) is 0 Å². The Balaban J connectivity index is 1.32. The molecule has 0 bridgehead atoms. The van der Waals surface area contributed by atoms with Crippen LogP contribution in [0.3, 0.4) is 0 Å². The minimum absolute atomic E-state index is 0.272. The summed E-state index contributed by atoms with van der Waals surface area (Å²) >= 11 is 0. The summed E-state index contributed by atoms with van der Waals surface area (Å²) < 4.78 is 1.64. The van der Waals surface area contributed by atoms with E-state index in [1.807, 2.05) is 24.3 Å². The molecule has 3 N–H and O–H groups in total. The quantitative estimate of drug-likeness (QED) is 0.541. The van der Waals surface area contributed by atoms with Crippen LogP contribution in [0.2, 0.25) is 0 Å². The molecule has 2 saturated heterocycles. The maximum absolute atomic E-state index is 12.9. The van der Waals surface area contributed by atoms with Gasteiger partial charge in [0.05, 0.1) is 17.6 Å². The number of carbonyl (C=O) groups is 1. The first-order chi connectivity index (χ1) is 15.8. The molecule has 5 heterocycles. The lowest BCUT2D eigenvalue weighted by molar-refractivity contribution is 0.102. The summed E-state index contributed by atoms with van der Waals surface area (Å²) in [6.45, 7) is 7.34. The maximum Gasteiger partial charge on any atom is 0.276 e. The monoisotopic (exact) mass is 433 g/mol. The SMILES string of the molecule is O=C(Nc1cnccc1N1CCNCC1)c1ccn(-c2cccc(N3CCNCC3)n2)n1. The van der Waals surface area contributed by atoms with Gasteiger partial charge in [-0.25, -0.2) is 9.67 Å². The molecular formula is C22H27N9O. The van der Waals surface area contributed by atoms with E-state index in [1.54, 1.807) is 29.3 Å². The zero-order valence-corrected chi connectivity index (χ0v) is 17.9. The van der Waals surface area contributed by atoms with Gasteiger partial charge in [-0.3, -0.25) is 9.78 Å². The number of pyridine rings is 2. The van der Waals surface area contributed by atoms with Crippen LogP contribution >= 0.6 is 0 Å². The number of amides is 1. The molecular weight excluding hydrogens is 406 g/mol. The molecule has 32 heavy (non-hydrogen) atoms. The molecule has 0 unspecified atom stereocenters. The number of carbonyl (C=O) groups excluding carboxylic acids is 1. The highest BCUT2D eigenvalue weighted by Gasteiger charge is 2.18. The van der Waals surface area contributed by atoms with Crippen LogP contribution in [0.4, 0.5) is 17.2 Å². The second-order valence-electron chi connectivity index (χ2n) is 7.82. The molecule has 5 rings (SSSR count). The van der Waals surface area contributed by atoms with Crippen LogP contribution in [0.15, 0.2) is 48.9 Å². The van der Waals surface area contributed by atoms with E-state index < -0.39 is 0 Å². The van der Waals surface area contributed by atoms with Gasteiger partial charge in [-0.1, -0.05) is 6.07 Å². The van der Waals surface area contributed by atoms with Crippen molar-refractivity contribution in [3.05, 3.63) is 54.6 Å². The number of rotatable bonds is 5. The van der Waals surface area contributed by atoms with Crippen LogP contribution in [0.5, 0.6) is 0 Å². The molecule has 2 aliphatic rings. The summed E-state index contributed by atoms with van der Waals surface area (Å²) in [7, 11) is 0. The van der Waals surface area contributed by atoms with Gasteiger partial charge in [-0.2, -0.15) is 5.10 Å². The molecule has 1 amide bonds. The Morgan fingerprint density at radius 2 is 1.62 bits per heavy atom. The van der Waals surface area contributed by atoms with E-state index in [-0.39, 0.29) is 5.91 Å². The van der Waals surface area contributed by atoms with Gasteiger partial charge in [0.1, 0.15) is 5.82 Å². The number of nitrogens with one attached hydrogen (secondary N) is 3. The number of hydrogen-bond donors (Lipinski definition) is 3. The Morgan fingerprint density at radius 3 is 2.41 bits per heavy atom. The molecule has 3 aromatic rings. The highest BCUT2D eigenvalue weighted by Crippen LogP contribution is 2.25. The summed E-state index contributed by atoms with van der Waals surface area (Å²) in [5.74, 6) is 1.33. The first-order valence-electron chi connectivity index (χ1n) is 11.0. The Labute approximate surface area is 186 Å². The standard InChI is InChI=1S/C22H27N9O/c32-22(26-18-16-25-6-4-19(18)29-12-7-23-8-13-29)17-5-11-31(28-17)21-3-1-2-20(27-21)30-14-9-24-10-15-30/h1-6,11,16,23-24H,7-10,12-15H2,(H,26,32). The lowest BCUT2D eigenvalue weighted by Crippen LogP contribution is -2.43. The van der Waals surface area contributed by atoms with Crippen LogP contribution < -0.4 is 25.8 Å². The van der Waals surface area contributed by atoms with Gasteiger partial charge in [0.2, 0.25) is 0 Å². The van der Waals surface area contributed by atoms with Gasteiger partial charge in [0.15, 0.2) is 11.5 Å². The minimum Gasteiger partial charge on any atom is -0.367 e. The second kappa shape index (κ2) is 9.33. The molecule has 0 radical (unpaired) electrons. The van der Waals surface area contributed by atoms with Crippen LogP contribution in [0.1, 0.15) is 10.5 Å².